The molecule has 0 amide bonds. The Balaban J connectivity index is 0.00000128. The molecule has 1 heterocycles. The van der Waals surface area contributed by atoms with Crippen LogP contribution in [0.25, 0.3) is 0 Å². The molecule has 16 heavy (non-hydrogen) atoms. The van der Waals surface area contributed by atoms with Gasteiger partial charge in [-0.15, -0.1) is 12.4 Å². The van der Waals surface area contributed by atoms with Gasteiger partial charge in [0.2, 0.25) is 0 Å². The number of phenolic OH excluding ortho intramolecular Hbond substituents is 1. The predicted molar refractivity (Wildman–Crippen MR) is 66.7 cm³/mol. The zero-order valence-electron chi connectivity index (χ0n) is 9.23. The van der Waals surface area contributed by atoms with Gasteiger partial charge in [-0.05, 0) is 24.6 Å². The molecule has 0 radical (unpaired) electrons. The highest BCUT2D eigenvalue weighted by atomic mass is 35.5. The van der Waals surface area contributed by atoms with Crippen molar-refractivity contribution in [2.75, 3.05) is 13.1 Å². The van der Waals surface area contributed by atoms with Gasteiger partial charge in [-0.25, -0.2) is 0 Å². The van der Waals surface area contributed by atoms with E-state index in [2.05, 4.69) is 23.1 Å². The van der Waals surface area contributed by atoms with E-state index in [0.717, 1.165) is 13.1 Å². The van der Waals surface area contributed by atoms with Gasteiger partial charge in [0, 0.05) is 25.2 Å². The summed E-state index contributed by atoms with van der Waals surface area (Å²) in [6.45, 7) is 4.02. The van der Waals surface area contributed by atoms with Gasteiger partial charge in [-0.1, -0.05) is 12.1 Å². The smallest absolute Gasteiger partial charge is 0.115 e. The Morgan fingerprint density at radius 3 is 2.38 bits per heavy atom. The summed E-state index contributed by atoms with van der Waals surface area (Å²) in [5, 5.41) is 12.7. The van der Waals surface area contributed by atoms with E-state index < -0.39 is 0 Å². The van der Waals surface area contributed by atoms with Crippen LogP contribution in [-0.2, 0) is 0 Å². The third-order valence-electron chi connectivity index (χ3n) is 2.70. The highest BCUT2D eigenvalue weighted by molar-refractivity contribution is 5.85. The molecule has 1 aliphatic heterocycles. The maximum absolute atomic E-state index is 9.18. The molecule has 0 spiro atoms. The minimum absolute atomic E-state index is 0. The second kappa shape index (κ2) is 6.06. The summed E-state index contributed by atoms with van der Waals surface area (Å²) in [5.41, 5.74) is 7.37. The average Bonchev–Trinajstić information content (AvgIpc) is 2.71. The summed E-state index contributed by atoms with van der Waals surface area (Å²) in [4.78, 5) is 0. The number of benzene rings is 1. The molecule has 1 aromatic rings. The van der Waals surface area contributed by atoms with Crippen LogP contribution >= 0.6 is 12.4 Å². The van der Waals surface area contributed by atoms with Crippen molar-refractivity contribution in [2.45, 2.75) is 19.0 Å². The molecule has 1 fully saturated rings. The number of rotatable bonds is 3. The van der Waals surface area contributed by atoms with Crippen molar-refractivity contribution in [1.82, 2.24) is 16.2 Å². The molecule has 90 valence electrons. The number of aromatic hydroxyl groups is 1. The van der Waals surface area contributed by atoms with Crippen molar-refractivity contribution in [1.29, 1.82) is 0 Å². The van der Waals surface area contributed by atoms with Crippen molar-refractivity contribution in [3.63, 3.8) is 0 Å². The fraction of sp³-hybridized carbons (Fsp3) is 0.455. The van der Waals surface area contributed by atoms with E-state index in [1.54, 1.807) is 12.1 Å². The molecule has 0 aromatic heterocycles. The summed E-state index contributed by atoms with van der Waals surface area (Å²) >= 11 is 0. The Kier molecular flexibility index (Phi) is 5.02. The Hall–Kier alpha value is -0.810. The number of phenols is 1. The standard InChI is InChI=1S/C11H17N3O.ClH/c1-8(14-10-6-12-13-7-10)9-2-4-11(15)5-3-9;/h2-5,8,10,12-15H,6-7H2,1H3;1H. The van der Waals surface area contributed by atoms with Gasteiger partial charge in [-0.2, -0.15) is 0 Å². The number of hydrogen-bond donors (Lipinski definition) is 4. The maximum atomic E-state index is 9.18. The highest BCUT2D eigenvalue weighted by Crippen LogP contribution is 2.16. The first kappa shape index (κ1) is 13.3. The Labute approximate surface area is 102 Å². The van der Waals surface area contributed by atoms with Crippen LogP contribution in [0.5, 0.6) is 5.75 Å². The molecule has 1 atom stereocenters. The van der Waals surface area contributed by atoms with Gasteiger partial charge in [-0.3, -0.25) is 10.9 Å². The van der Waals surface area contributed by atoms with Gasteiger partial charge in [0.15, 0.2) is 0 Å². The summed E-state index contributed by atoms with van der Waals surface area (Å²) in [5.74, 6) is 0.315. The number of hydrazine groups is 1. The molecular weight excluding hydrogens is 226 g/mol. The molecule has 1 aliphatic rings. The summed E-state index contributed by atoms with van der Waals surface area (Å²) in [6, 6.07) is 8.11. The maximum Gasteiger partial charge on any atom is 0.115 e. The van der Waals surface area contributed by atoms with Crippen molar-refractivity contribution in [2.24, 2.45) is 0 Å². The monoisotopic (exact) mass is 243 g/mol. The molecule has 4 N–H and O–H groups in total. The normalized spacial score (nSPS) is 18.1. The first-order valence-corrected chi connectivity index (χ1v) is 5.26. The lowest BCUT2D eigenvalue weighted by Gasteiger charge is -2.18. The lowest BCUT2D eigenvalue weighted by molar-refractivity contribution is 0.472. The topological polar surface area (TPSA) is 56.3 Å². The molecule has 0 saturated carbocycles. The molecular formula is C11H18ClN3O. The summed E-state index contributed by atoms with van der Waals surface area (Å²) in [6.07, 6.45) is 0. The van der Waals surface area contributed by atoms with Crippen molar-refractivity contribution in [3.05, 3.63) is 29.8 Å². The first-order valence-electron chi connectivity index (χ1n) is 5.26. The van der Waals surface area contributed by atoms with E-state index in [0.29, 0.717) is 17.8 Å². The Morgan fingerprint density at radius 1 is 1.25 bits per heavy atom. The van der Waals surface area contributed by atoms with Crippen LogP contribution in [-0.4, -0.2) is 24.2 Å². The van der Waals surface area contributed by atoms with Crippen LogP contribution in [0, 0.1) is 0 Å². The van der Waals surface area contributed by atoms with Crippen LogP contribution in [0.15, 0.2) is 24.3 Å². The fourth-order valence-electron chi connectivity index (χ4n) is 1.79. The van der Waals surface area contributed by atoms with Crippen LogP contribution < -0.4 is 16.2 Å². The molecule has 5 heteroatoms. The molecule has 0 aliphatic carbocycles. The van der Waals surface area contributed by atoms with E-state index >= 15 is 0 Å². The fourth-order valence-corrected chi connectivity index (χ4v) is 1.79. The predicted octanol–water partition coefficient (Wildman–Crippen LogP) is 0.941. The van der Waals surface area contributed by atoms with E-state index in [1.807, 2.05) is 12.1 Å². The zero-order chi connectivity index (χ0) is 10.7. The third kappa shape index (κ3) is 3.35. The van der Waals surface area contributed by atoms with Gasteiger partial charge in [0.25, 0.3) is 0 Å². The third-order valence-corrected chi connectivity index (χ3v) is 2.70. The molecule has 4 nitrogen and oxygen atoms in total. The minimum Gasteiger partial charge on any atom is -0.508 e. The summed E-state index contributed by atoms with van der Waals surface area (Å²) < 4.78 is 0. The van der Waals surface area contributed by atoms with Gasteiger partial charge in [0.1, 0.15) is 5.75 Å². The zero-order valence-corrected chi connectivity index (χ0v) is 10.1. The molecule has 2 rings (SSSR count). The largest absolute Gasteiger partial charge is 0.508 e. The van der Waals surface area contributed by atoms with Crippen molar-refractivity contribution in [3.8, 4) is 5.75 Å². The average molecular weight is 244 g/mol. The van der Waals surface area contributed by atoms with Crippen LogP contribution in [0.2, 0.25) is 0 Å². The van der Waals surface area contributed by atoms with Gasteiger partial charge in [0.05, 0.1) is 0 Å². The summed E-state index contributed by atoms with van der Waals surface area (Å²) in [7, 11) is 0. The Morgan fingerprint density at radius 2 is 1.81 bits per heavy atom. The second-order valence-electron chi connectivity index (χ2n) is 3.94. The van der Waals surface area contributed by atoms with Crippen molar-refractivity contribution < 1.29 is 5.11 Å². The number of halogens is 1. The minimum atomic E-state index is 0. The van der Waals surface area contributed by atoms with Crippen LogP contribution in [0.1, 0.15) is 18.5 Å². The molecule has 1 aromatic carbocycles. The molecule has 1 unspecified atom stereocenters. The van der Waals surface area contributed by atoms with E-state index in [9.17, 15) is 5.11 Å². The Bertz CT molecular complexity index is 312. The lowest BCUT2D eigenvalue weighted by atomic mass is 10.1. The van der Waals surface area contributed by atoms with Gasteiger partial charge >= 0.3 is 0 Å². The second-order valence-corrected chi connectivity index (χ2v) is 3.94. The van der Waals surface area contributed by atoms with Crippen molar-refractivity contribution >= 4 is 12.4 Å². The van der Waals surface area contributed by atoms with Crippen LogP contribution in [0.3, 0.4) is 0 Å². The van der Waals surface area contributed by atoms with E-state index in [-0.39, 0.29) is 12.4 Å². The quantitative estimate of drug-likeness (QED) is 0.638. The molecule has 1 saturated heterocycles. The lowest BCUT2D eigenvalue weighted by Crippen LogP contribution is -2.35. The molecule has 0 bridgehead atoms. The van der Waals surface area contributed by atoms with E-state index in [1.165, 1.54) is 5.56 Å². The van der Waals surface area contributed by atoms with Gasteiger partial charge < -0.3 is 10.4 Å². The number of nitrogens with one attached hydrogen (secondary N) is 3. The SMILES string of the molecule is CC(NC1CNNC1)c1ccc(O)cc1.Cl. The van der Waals surface area contributed by atoms with Crippen LogP contribution in [0.4, 0.5) is 0 Å². The van der Waals surface area contributed by atoms with E-state index in [4.69, 9.17) is 0 Å². The first-order chi connectivity index (χ1) is 7.25. The highest BCUT2D eigenvalue weighted by Gasteiger charge is 2.16. The number of hydrogen-bond acceptors (Lipinski definition) is 4.